The van der Waals surface area contributed by atoms with Crippen LogP contribution in [0.4, 0.5) is 0 Å². The van der Waals surface area contributed by atoms with E-state index in [0.717, 1.165) is 26.6 Å². The van der Waals surface area contributed by atoms with Gasteiger partial charge in [-0.05, 0) is 35.0 Å². The summed E-state index contributed by atoms with van der Waals surface area (Å²) in [6.45, 7) is 1.98. The Bertz CT molecular complexity index is 626. The van der Waals surface area contributed by atoms with Crippen molar-refractivity contribution in [2.24, 2.45) is 7.05 Å². The lowest BCUT2D eigenvalue weighted by Crippen LogP contribution is -1.91. The van der Waals surface area contributed by atoms with Gasteiger partial charge in [-0.15, -0.1) is 0 Å². The molecule has 0 radical (unpaired) electrons. The lowest BCUT2D eigenvalue weighted by atomic mass is 10.1. The monoisotopic (exact) mass is 293 g/mol. The van der Waals surface area contributed by atoms with E-state index < -0.39 is 5.97 Å². The van der Waals surface area contributed by atoms with Crippen molar-refractivity contribution in [2.75, 3.05) is 0 Å². The van der Waals surface area contributed by atoms with Crippen LogP contribution in [0, 0.1) is 6.92 Å². The minimum absolute atomic E-state index is 0.934. The summed E-state index contributed by atoms with van der Waals surface area (Å²) in [6.07, 6.45) is 2.81. The zero-order valence-electron chi connectivity index (χ0n) is 9.57. The molecule has 2 rings (SSSR count). The van der Waals surface area contributed by atoms with Crippen LogP contribution in [0.15, 0.2) is 28.7 Å². The van der Waals surface area contributed by atoms with Crippen molar-refractivity contribution in [3.05, 3.63) is 40.0 Å². The van der Waals surface area contributed by atoms with Crippen LogP contribution < -0.4 is 0 Å². The van der Waals surface area contributed by atoms with Crippen molar-refractivity contribution < 1.29 is 9.90 Å². The summed E-state index contributed by atoms with van der Waals surface area (Å²) in [5.74, 6) is -0.934. The number of para-hydroxylation sites is 1. The molecular formula is C13H12BrNO2. The Kier molecular flexibility index (Phi) is 3.07. The number of halogens is 1. The largest absolute Gasteiger partial charge is 0.478 e. The summed E-state index contributed by atoms with van der Waals surface area (Å²) in [4.78, 5) is 10.6. The summed E-state index contributed by atoms with van der Waals surface area (Å²) in [7, 11) is 1.97. The van der Waals surface area contributed by atoms with Crippen molar-refractivity contribution >= 4 is 38.9 Å². The first kappa shape index (κ1) is 11.9. The molecule has 0 aliphatic heterocycles. The van der Waals surface area contributed by atoms with Crippen LogP contribution in [-0.4, -0.2) is 15.6 Å². The van der Waals surface area contributed by atoms with Crippen LogP contribution in [0.25, 0.3) is 17.0 Å². The van der Waals surface area contributed by atoms with Crippen LogP contribution >= 0.6 is 15.9 Å². The smallest absolute Gasteiger partial charge is 0.328 e. The average Bonchev–Trinajstić information content (AvgIpc) is 2.51. The van der Waals surface area contributed by atoms with E-state index in [1.165, 1.54) is 6.08 Å². The van der Waals surface area contributed by atoms with Crippen LogP contribution in [0.5, 0.6) is 0 Å². The fourth-order valence-corrected chi connectivity index (χ4v) is 2.61. The highest BCUT2D eigenvalue weighted by atomic mass is 79.9. The third-order valence-electron chi connectivity index (χ3n) is 2.90. The van der Waals surface area contributed by atoms with Crippen molar-refractivity contribution in [3.8, 4) is 0 Å². The van der Waals surface area contributed by atoms with Crippen LogP contribution in [0.3, 0.4) is 0 Å². The van der Waals surface area contributed by atoms with Gasteiger partial charge in [0, 0.05) is 34.2 Å². The minimum atomic E-state index is -0.934. The number of carbonyl (C=O) groups is 1. The van der Waals surface area contributed by atoms with E-state index in [0.29, 0.717) is 0 Å². The molecule has 17 heavy (non-hydrogen) atoms. The van der Waals surface area contributed by atoms with Gasteiger partial charge in [0.05, 0.1) is 5.52 Å². The maximum Gasteiger partial charge on any atom is 0.328 e. The highest BCUT2D eigenvalue weighted by Crippen LogP contribution is 2.31. The zero-order chi connectivity index (χ0) is 12.6. The predicted molar refractivity (Wildman–Crippen MR) is 72.0 cm³/mol. The SMILES string of the molecule is Cc1c(/C=C/C(=O)O)c2cccc(Br)c2n1C. The first-order valence-corrected chi connectivity index (χ1v) is 5.96. The molecule has 0 spiro atoms. The summed E-state index contributed by atoms with van der Waals surface area (Å²) >= 11 is 3.51. The summed E-state index contributed by atoms with van der Waals surface area (Å²) in [5.41, 5.74) is 3.07. The van der Waals surface area contributed by atoms with E-state index in [-0.39, 0.29) is 0 Å². The molecule has 1 N–H and O–H groups in total. The van der Waals surface area contributed by atoms with E-state index in [4.69, 9.17) is 5.11 Å². The number of aromatic nitrogens is 1. The first-order valence-electron chi connectivity index (χ1n) is 5.17. The van der Waals surface area contributed by atoms with Gasteiger partial charge < -0.3 is 9.67 Å². The second-order valence-electron chi connectivity index (χ2n) is 3.87. The number of benzene rings is 1. The Morgan fingerprint density at radius 2 is 2.18 bits per heavy atom. The molecule has 0 atom stereocenters. The standard InChI is InChI=1S/C13H12BrNO2/c1-8-9(6-7-12(16)17)10-4-3-5-11(14)13(10)15(8)2/h3-7H,1-2H3,(H,16,17)/b7-6+. The lowest BCUT2D eigenvalue weighted by molar-refractivity contribution is -0.131. The molecular weight excluding hydrogens is 282 g/mol. The number of rotatable bonds is 2. The molecule has 0 amide bonds. The molecule has 2 aromatic rings. The van der Waals surface area contributed by atoms with Crippen LogP contribution in [-0.2, 0) is 11.8 Å². The molecule has 1 aromatic carbocycles. The Morgan fingerprint density at radius 1 is 1.47 bits per heavy atom. The maximum absolute atomic E-state index is 10.6. The molecule has 3 nitrogen and oxygen atoms in total. The van der Waals surface area contributed by atoms with E-state index in [1.54, 1.807) is 6.08 Å². The highest BCUT2D eigenvalue weighted by Gasteiger charge is 2.11. The Balaban J connectivity index is 2.76. The van der Waals surface area contributed by atoms with Gasteiger partial charge >= 0.3 is 5.97 Å². The molecule has 0 aliphatic rings. The Morgan fingerprint density at radius 3 is 2.82 bits per heavy atom. The second kappa shape index (κ2) is 4.37. The molecule has 0 saturated carbocycles. The molecule has 0 unspecified atom stereocenters. The predicted octanol–water partition coefficient (Wildman–Crippen LogP) is 3.35. The van der Waals surface area contributed by atoms with Crippen LogP contribution in [0.1, 0.15) is 11.3 Å². The summed E-state index contributed by atoms with van der Waals surface area (Å²) in [6, 6.07) is 5.92. The van der Waals surface area contributed by atoms with Crippen molar-refractivity contribution in [2.45, 2.75) is 6.92 Å². The zero-order valence-corrected chi connectivity index (χ0v) is 11.2. The van der Waals surface area contributed by atoms with Crippen molar-refractivity contribution in [3.63, 3.8) is 0 Å². The molecule has 1 aromatic heterocycles. The third kappa shape index (κ3) is 2.00. The summed E-state index contributed by atoms with van der Waals surface area (Å²) < 4.78 is 3.07. The number of carboxylic acids is 1. The maximum atomic E-state index is 10.6. The van der Waals surface area contributed by atoms with Gasteiger partial charge in [-0.2, -0.15) is 0 Å². The molecule has 1 heterocycles. The first-order chi connectivity index (χ1) is 8.02. The van der Waals surface area contributed by atoms with E-state index in [1.807, 2.05) is 32.2 Å². The molecule has 0 bridgehead atoms. The molecule has 0 fully saturated rings. The number of fused-ring (bicyclic) bond motifs is 1. The number of hydrogen-bond donors (Lipinski definition) is 1. The average molecular weight is 294 g/mol. The number of nitrogens with zero attached hydrogens (tertiary/aromatic N) is 1. The number of hydrogen-bond acceptors (Lipinski definition) is 1. The highest BCUT2D eigenvalue weighted by molar-refractivity contribution is 9.10. The second-order valence-corrected chi connectivity index (χ2v) is 4.72. The Labute approximate surface area is 107 Å². The van der Waals surface area contributed by atoms with Gasteiger partial charge in [0.25, 0.3) is 0 Å². The Hall–Kier alpha value is -1.55. The number of aryl methyl sites for hydroxylation is 1. The van der Waals surface area contributed by atoms with Gasteiger partial charge in [-0.25, -0.2) is 4.79 Å². The molecule has 0 saturated heterocycles. The third-order valence-corrected chi connectivity index (χ3v) is 3.54. The quantitative estimate of drug-likeness (QED) is 0.863. The van der Waals surface area contributed by atoms with E-state index >= 15 is 0 Å². The van der Waals surface area contributed by atoms with Gasteiger partial charge in [-0.1, -0.05) is 12.1 Å². The van der Waals surface area contributed by atoms with Gasteiger partial charge in [0.1, 0.15) is 0 Å². The molecule has 0 aliphatic carbocycles. The summed E-state index contributed by atoms with van der Waals surface area (Å²) in [5, 5.41) is 9.75. The normalized spacial score (nSPS) is 11.5. The van der Waals surface area contributed by atoms with Crippen LogP contribution in [0.2, 0.25) is 0 Å². The molecule has 4 heteroatoms. The van der Waals surface area contributed by atoms with Gasteiger partial charge in [-0.3, -0.25) is 0 Å². The lowest BCUT2D eigenvalue weighted by Gasteiger charge is -2.00. The fraction of sp³-hybridized carbons (Fsp3) is 0.154. The number of carboxylic acid groups (broad SMARTS) is 1. The van der Waals surface area contributed by atoms with E-state index in [2.05, 4.69) is 20.5 Å². The van der Waals surface area contributed by atoms with E-state index in [9.17, 15) is 4.79 Å². The fourth-order valence-electron chi connectivity index (χ4n) is 1.98. The topological polar surface area (TPSA) is 42.2 Å². The van der Waals surface area contributed by atoms with Crippen molar-refractivity contribution in [1.82, 2.24) is 4.57 Å². The van der Waals surface area contributed by atoms with Gasteiger partial charge in [0.15, 0.2) is 0 Å². The van der Waals surface area contributed by atoms with Crippen molar-refractivity contribution in [1.29, 1.82) is 0 Å². The van der Waals surface area contributed by atoms with Gasteiger partial charge in [0.2, 0.25) is 0 Å². The number of aliphatic carboxylic acids is 1. The minimum Gasteiger partial charge on any atom is -0.478 e. The molecule has 88 valence electrons.